The van der Waals surface area contributed by atoms with Gasteiger partial charge in [0.15, 0.2) is 0 Å². The van der Waals surface area contributed by atoms with Crippen molar-refractivity contribution >= 4 is 11.7 Å². The van der Waals surface area contributed by atoms with E-state index in [4.69, 9.17) is 4.74 Å². The number of piperidine rings is 1. The average Bonchev–Trinajstić information content (AvgIpc) is 3.22. The van der Waals surface area contributed by atoms with Crippen LogP contribution in [0.2, 0.25) is 0 Å². The first-order valence-corrected chi connectivity index (χ1v) is 11.0. The lowest BCUT2D eigenvalue weighted by Crippen LogP contribution is -2.49. The summed E-state index contributed by atoms with van der Waals surface area (Å²) in [4.78, 5) is 21.2. The van der Waals surface area contributed by atoms with Gasteiger partial charge in [-0.3, -0.25) is 4.90 Å². The van der Waals surface area contributed by atoms with Gasteiger partial charge in [0.2, 0.25) is 0 Å². The lowest BCUT2D eigenvalue weighted by atomic mass is 9.96. The Bertz CT molecular complexity index is 790. The molecule has 7 heteroatoms. The molecule has 2 atom stereocenters. The molecule has 0 saturated carbocycles. The van der Waals surface area contributed by atoms with E-state index in [9.17, 15) is 4.79 Å². The van der Waals surface area contributed by atoms with E-state index >= 15 is 0 Å². The Morgan fingerprint density at radius 2 is 1.83 bits per heavy atom. The molecule has 3 heterocycles. The normalized spacial score (nSPS) is 23.5. The Hall–Kier alpha value is -2.38. The van der Waals surface area contributed by atoms with Gasteiger partial charge in [-0.15, -0.1) is 0 Å². The average molecular weight is 412 g/mol. The minimum atomic E-state index is 0.00410. The van der Waals surface area contributed by atoms with Crippen LogP contribution in [0.4, 0.5) is 10.5 Å². The Labute approximate surface area is 179 Å². The number of carbonyl (C=O) groups is 1. The Morgan fingerprint density at radius 3 is 2.47 bits per heavy atom. The highest BCUT2D eigenvalue weighted by Crippen LogP contribution is 2.22. The summed E-state index contributed by atoms with van der Waals surface area (Å²) in [5.74, 6) is 0.661. The number of carbonyl (C=O) groups excluding carboxylic acids is 1. The molecule has 2 saturated heterocycles. The van der Waals surface area contributed by atoms with Gasteiger partial charge in [-0.05, 0) is 50.3 Å². The molecular weight excluding hydrogens is 378 g/mol. The summed E-state index contributed by atoms with van der Waals surface area (Å²) in [5.41, 5.74) is 2.02. The summed E-state index contributed by atoms with van der Waals surface area (Å²) < 4.78 is 7.86. The van der Waals surface area contributed by atoms with Crippen molar-refractivity contribution in [2.24, 2.45) is 5.92 Å². The minimum absolute atomic E-state index is 0.00410. The van der Waals surface area contributed by atoms with Gasteiger partial charge in [0.25, 0.3) is 0 Å². The fourth-order valence-electron chi connectivity index (χ4n) is 4.60. The summed E-state index contributed by atoms with van der Waals surface area (Å²) in [6, 6.07) is 8.04. The van der Waals surface area contributed by atoms with Crippen LogP contribution < -0.4 is 5.32 Å². The Balaban J connectivity index is 1.21. The topological polar surface area (TPSA) is 62.6 Å². The van der Waals surface area contributed by atoms with Gasteiger partial charge in [0, 0.05) is 57.3 Å². The fraction of sp³-hybridized carbons (Fsp3) is 0.565. The van der Waals surface area contributed by atoms with Crippen molar-refractivity contribution in [3.63, 3.8) is 0 Å². The molecule has 1 N–H and O–H groups in total. The maximum atomic E-state index is 12.7. The van der Waals surface area contributed by atoms with Crippen LogP contribution in [0.15, 0.2) is 43.0 Å². The first-order valence-electron chi connectivity index (χ1n) is 11.0. The zero-order chi connectivity index (χ0) is 20.9. The number of aromatic nitrogens is 2. The molecule has 1 aromatic heterocycles. The second-order valence-corrected chi connectivity index (χ2v) is 8.77. The second kappa shape index (κ2) is 9.62. The maximum absolute atomic E-state index is 12.7. The van der Waals surface area contributed by atoms with Crippen molar-refractivity contribution in [2.75, 3.05) is 38.0 Å². The van der Waals surface area contributed by atoms with Crippen LogP contribution in [0.25, 0.3) is 0 Å². The third kappa shape index (κ3) is 5.61. The molecule has 2 amide bonds. The van der Waals surface area contributed by atoms with Crippen LogP contribution in [0.3, 0.4) is 0 Å². The number of nitrogens with zero attached hydrogens (tertiary/aromatic N) is 4. The van der Waals surface area contributed by atoms with Crippen LogP contribution in [-0.4, -0.2) is 70.3 Å². The molecule has 0 radical (unpaired) electrons. The molecule has 30 heavy (non-hydrogen) atoms. The molecule has 4 rings (SSSR count). The Morgan fingerprint density at radius 1 is 1.13 bits per heavy atom. The third-order valence-electron chi connectivity index (χ3n) is 6.04. The SMILES string of the molecule is CC1CN(CC2CCN(C(=O)Nc3ccc(Cn4ccnc4)cc3)CC2)CC(C)O1. The number of anilines is 1. The monoisotopic (exact) mass is 411 g/mol. The fourth-order valence-corrected chi connectivity index (χ4v) is 4.60. The largest absolute Gasteiger partial charge is 0.373 e. The van der Waals surface area contributed by atoms with E-state index in [-0.39, 0.29) is 6.03 Å². The number of likely N-dealkylation sites (tertiary alicyclic amines) is 1. The van der Waals surface area contributed by atoms with Crippen molar-refractivity contribution in [3.8, 4) is 0 Å². The number of nitrogens with one attached hydrogen (secondary N) is 1. The van der Waals surface area contributed by atoms with E-state index in [1.54, 1.807) is 12.5 Å². The zero-order valence-electron chi connectivity index (χ0n) is 18.0. The maximum Gasteiger partial charge on any atom is 0.321 e. The van der Waals surface area contributed by atoms with Gasteiger partial charge in [-0.1, -0.05) is 12.1 Å². The van der Waals surface area contributed by atoms with E-state index < -0.39 is 0 Å². The molecule has 2 fully saturated rings. The predicted octanol–water partition coefficient (Wildman–Crippen LogP) is 3.28. The summed E-state index contributed by atoms with van der Waals surface area (Å²) in [6.45, 7) is 9.88. The number of ether oxygens (including phenoxy) is 1. The molecule has 162 valence electrons. The van der Waals surface area contributed by atoms with Crippen LogP contribution >= 0.6 is 0 Å². The number of hydrogen-bond donors (Lipinski definition) is 1. The van der Waals surface area contributed by atoms with Gasteiger partial charge in [-0.25, -0.2) is 9.78 Å². The van der Waals surface area contributed by atoms with Crippen LogP contribution in [0.5, 0.6) is 0 Å². The van der Waals surface area contributed by atoms with Crippen LogP contribution in [0, 0.1) is 5.92 Å². The van der Waals surface area contributed by atoms with E-state index in [1.807, 2.05) is 39.9 Å². The number of benzene rings is 1. The van der Waals surface area contributed by atoms with Gasteiger partial charge >= 0.3 is 6.03 Å². The molecular formula is C23H33N5O2. The molecule has 0 bridgehead atoms. The van der Waals surface area contributed by atoms with E-state index in [2.05, 4.69) is 29.0 Å². The third-order valence-corrected chi connectivity index (χ3v) is 6.04. The summed E-state index contributed by atoms with van der Waals surface area (Å²) >= 11 is 0. The number of rotatable bonds is 5. The minimum Gasteiger partial charge on any atom is -0.373 e. The zero-order valence-corrected chi connectivity index (χ0v) is 18.0. The summed E-state index contributed by atoms with van der Waals surface area (Å²) in [5, 5.41) is 3.05. The van der Waals surface area contributed by atoms with Crippen molar-refractivity contribution in [2.45, 2.75) is 45.4 Å². The number of amides is 2. The van der Waals surface area contributed by atoms with Gasteiger partial charge in [0.1, 0.15) is 0 Å². The molecule has 2 aliphatic rings. The standard InChI is InChI=1S/C23H33N5O2/c1-18-13-27(14-19(2)30-18)16-21-7-10-28(11-8-21)23(29)25-22-5-3-20(4-6-22)15-26-12-9-24-17-26/h3-6,9,12,17-19,21H,7-8,10-11,13-16H2,1-2H3,(H,25,29). The van der Waals surface area contributed by atoms with Gasteiger partial charge in [-0.2, -0.15) is 0 Å². The first kappa shape index (κ1) is 20.9. The van der Waals surface area contributed by atoms with E-state index in [1.165, 1.54) is 5.56 Å². The quantitative estimate of drug-likeness (QED) is 0.820. The number of morpholine rings is 1. The lowest BCUT2D eigenvalue weighted by Gasteiger charge is -2.39. The molecule has 0 spiro atoms. The van der Waals surface area contributed by atoms with E-state index in [0.29, 0.717) is 18.1 Å². The molecule has 2 aromatic rings. The molecule has 2 unspecified atom stereocenters. The Kier molecular flexibility index (Phi) is 6.69. The van der Waals surface area contributed by atoms with E-state index in [0.717, 1.165) is 57.8 Å². The number of imidazole rings is 1. The summed E-state index contributed by atoms with van der Waals surface area (Å²) in [7, 11) is 0. The highest BCUT2D eigenvalue weighted by molar-refractivity contribution is 5.89. The van der Waals surface area contributed by atoms with Crippen LogP contribution in [0.1, 0.15) is 32.3 Å². The van der Waals surface area contributed by atoms with Gasteiger partial charge < -0.3 is 19.5 Å². The summed E-state index contributed by atoms with van der Waals surface area (Å²) in [6.07, 6.45) is 8.28. The van der Waals surface area contributed by atoms with Crippen molar-refractivity contribution < 1.29 is 9.53 Å². The van der Waals surface area contributed by atoms with Crippen LogP contribution in [-0.2, 0) is 11.3 Å². The lowest BCUT2D eigenvalue weighted by molar-refractivity contribution is -0.0728. The molecule has 2 aliphatic heterocycles. The molecule has 7 nitrogen and oxygen atoms in total. The number of hydrogen-bond acceptors (Lipinski definition) is 4. The first-order chi connectivity index (χ1) is 14.5. The van der Waals surface area contributed by atoms with Crippen molar-refractivity contribution in [1.29, 1.82) is 0 Å². The predicted molar refractivity (Wildman–Crippen MR) is 118 cm³/mol. The number of urea groups is 1. The highest BCUT2D eigenvalue weighted by Gasteiger charge is 2.28. The molecule has 0 aliphatic carbocycles. The highest BCUT2D eigenvalue weighted by atomic mass is 16.5. The molecule has 1 aromatic carbocycles. The smallest absolute Gasteiger partial charge is 0.321 e. The van der Waals surface area contributed by atoms with Crippen molar-refractivity contribution in [1.82, 2.24) is 19.4 Å². The second-order valence-electron chi connectivity index (χ2n) is 8.77. The van der Waals surface area contributed by atoms with Gasteiger partial charge in [0.05, 0.1) is 18.5 Å². The van der Waals surface area contributed by atoms with Crippen molar-refractivity contribution in [3.05, 3.63) is 48.5 Å².